The molecule has 1 aromatic heterocycles. The van der Waals surface area contributed by atoms with E-state index < -0.39 is 18.2 Å². The van der Waals surface area contributed by atoms with E-state index in [1.54, 1.807) is 13.0 Å². The van der Waals surface area contributed by atoms with Gasteiger partial charge in [0.1, 0.15) is 35.6 Å². The number of aryl methyl sites for hydroxylation is 1. The van der Waals surface area contributed by atoms with Gasteiger partial charge in [0.25, 0.3) is 0 Å². The number of furan rings is 1. The highest BCUT2D eigenvalue weighted by atomic mass is 19.4. The normalized spacial score (nSPS) is 21.5. The van der Waals surface area contributed by atoms with E-state index in [9.17, 15) is 28.2 Å². The van der Waals surface area contributed by atoms with Crippen molar-refractivity contribution in [2.24, 2.45) is 17.8 Å². The van der Waals surface area contributed by atoms with Gasteiger partial charge >= 0.3 is 12.3 Å². The van der Waals surface area contributed by atoms with Gasteiger partial charge in [0, 0.05) is 11.9 Å². The summed E-state index contributed by atoms with van der Waals surface area (Å²) in [4.78, 5) is 13.9. The zero-order chi connectivity index (χ0) is 29.6. The van der Waals surface area contributed by atoms with Crippen LogP contribution in [0.4, 0.5) is 13.2 Å². The van der Waals surface area contributed by atoms with Crippen molar-refractivity contribution in [1.82, 2.24) is 4.90 Å². The van der Waals surface area contributed by atoms with Crippen LogP contribution in [-0.4, -0.2) is 46.6 Å². The van der Waals surface area contributed by atoms with Gasteiger partial charge in [0.15, 0.2) is 0 Å². The zero-order valence-electron chi connectivity index (χ0n) is 23.5. The number of nitrogens with zero attached hydrogens (tertiary/aromatic N) is 1. The number of carboxylic acid groups (broad SMARTS) is 1. The lowest BCUT2D eigenvalue weighted by Gasteiger charge is -2.38. The van der Waals surface area contributed by atoms with Gasteiger partial charge in [-0.2, -0.15) is 0 Å². The maximum atomic E-state index is 13.2. The molecule has 3 aromatic rings. The number of rotatable bonds is 9. The highest BCUT2D eigenvalue weighted by Crippen LogP contribution is 2.48. The monoisotopic (exact) mass is 587 g/mol. The molecule has 3 aliphatic rings. The van der Waals surface area contributed by atoms with Crippen LogP contribution in [0.2, 0.25) is 0 Å². The summed E-state index contributed by atoms with van der Waals surface area (Å²) in [5.74, 6) is 0.316. The van der Waals surface area contributed by atoms with E-state index in [-0.39, 0.29) is 36.7 Å². The number of carbonyl (C=O) groups is 1. The Labute approximate surface area is 242 Å². The molecule has 2 aliphatic heterocycles. The Bertz CT molecular complexity index is 1440. The van der Waals surface area contributed by atoms with Gasteiger partial charge < -0.3 is 24.1 Å². The second-order valence-corrected chi connectivity index (χ2v) is 12.0. The van der Waals surface area contributed by atoms with Gasteiger partial charge in [0.05, 0.1) is 11.5 Å². The molecule has 0 amide bonds. The number of aliphatic hydroxyl groups is 1. The molecule has 3 atom stereocenters. The minimum absolute atomic E-state index is 0.0155. The average Bonchev–Trinajstić information content (AvgIpc) is 3.70. The minimum Gasteiger partial charge on any atom is -0.490 e. The first-order chi connectivity index (χ1) is 20.1. The molecular weight excluding hydrogens is 551 g/mol. The number of fused-ring (bicyclic) bond motifs is 2. The van der Waals surface area contributed by atoms with Crippen molar-refractivity contribution < 1.29 is 42.1 Å². The van der Waals surface area contributed by atoms with Crippen LogP contribution in [0.3, 0.4) is 0 Å². The Morgan fingerprint density at radius 3 is 2.52 bits per heavy atom. The molecule has 6 rings (SSSR count). The second-order valence-electron chi connectivity index (χ2n) is 12.0. The highest BCUT2D eigenvalue weighted by molar-refractivity contribution is 5.83. The Balaban J connectivity index is 1.13. The minimum atomic E-state index is -4.83. The lowest BCUT2D eigenvalue weighted by Crippen LogP contribution is -2.40. The molecule has 10 heteroatoms. The van der Waals surface area contributed by atoms with Gasteiger partial charge in [-0.3, -0.25) is 9.69 Å². The van der Waals surface area contributed by atoms with Crippen LogP contribution in [0.15, 0.2) is 40.8 Å². The van der Waals surface area contributed by atoms with E-state index >= 15 is 0 Å². The Hall–Kier alpha value is -3.24. The summed E-state index contributed by atoms with van der Waals surface area (Å²) in [5, 5.41) is 19.8. The van der Waals surface area contributed by atoms with Crippen LogP contribution >= 0.6 is 0 Å². The number of likely N-dealkylation sites (tertiary alicyclic amines) is 1. The number of benzene rings is 2. The van der Waals surface area contributed by atoms with Crippen molar-refractivity contribution in [3.63, 3.8) is 0 Å². The summed E-state index contributed by atoms with van der Waals surface area (Å²) in [6, 6.07) is 10.7. The second kappa shape index (κ2) is 11.4. The topological polar surface area (TPSA) is 92.4 Å². The number of hydrogen-bond acceptors (Lipinski definition) is 6. The SMILES string of the molecule is C[C@H](C(=O)O)[C@H](c1ccc2c(c1)O[C@@H](C1CCN(Cc3c(OC(F)(F)F)ccc4cc(CO)oc34)CC1)CC2)C1CC1. The molecule has 1 saturated carbocycles. The van der Waals surface area contributed by atoms with Crippen molar-refractivity contribution in [3.8, 4) is 11.5 Å². The molecule has 2 aromatic carbocycles. The van der Waals surface area contributed by atoms with E-state index in [1.807, 2.05) is 0 Å². The lowest BCUT2D eigenvalue weighted by molar-refractivity contribution is -0.275. The maximum Gasteiger partial charge on any atom is 0.573 e. The van der Waals surface area contributed by atoms with Crippen LogP contribution in [-0.2, 0) is 24.4 Å². The van der Waals surface area contributed by atoms with Crippen LogP contribution < -0.4 is 9.47 Å². The third kappa shape index (κ3) is 6.10. The summed E-state index contributed by atoms with van der Waals surface area (Å²) in [6.45, 7) is 3.05. The van der Waals surface area contributed by atoms with E-state index in [1.165, 1.54) is 12.1 Å². The van der Waals surface area contributed by atoms with E-state index in [2.05, 4.69) is 27.8 Å². The number of aliphatic hydroxyl groups excluding tert-OH is 1. The summed E-state index contributed by atoms with van der Waals surface area (Å²) >= 11 is 0. The van der Waals surface area contributed by atoms with Crippen LogP contribution in [0.1, 0.15) is 67.4 Å². The molecule has 1 saturated heterocycles. The lowest BCUT2D eigenvalue weighted by atomic mass is 9.81. The molecule has 7 nitrogen and oxygen atoms in total. The van der Waals surface area contributed by atoms with Crippen molar-refractivity contribution in [2.45, 2.75) is 77.0 Å². The summed E-state index contributed by atoms with van der Waals surface area (Å²) in [5.41, 5.74) is 2.80. The van der Waals surface area contributed by atoms with Crippen molar-refractivity contribution in [2.75, 3.05) is 13.1 Å². The molecule has 42 heavy (non-hydrogen) atoms. The van der Waals surface area contributed by atoms with Crippen LogP contribution in [0, 0.1) is 17.8 Å². The molecule has 0 bridgehead atoms. The number of aliphatic carboxylic acids is 1. The van der Waals surface area contributed by atoms with Gasteiger partial charge in [-0.05, 0) is 105 Å². The van der Waals surface area contributed by atoms with Crippen LogP contribution in [0.25, 0.3) is 11.0 Å². The fourth-order valence-corrected chi connectivity index (χ4v) is 6.87. The van der Waals surface area contributed by atoms with Crippen LogP contribution in [0.5, 0.6) is 11.5 Å². The third-order valence-electron chi connectivity index (χ3n) is 9.23. The van der Waals surface area contributed by atoms with Gasteiger partial charge in [-0.25, -0.2) is 0 Å². The predicted octanol–water partition coefficient (Wildman–Crippen LogP) is 6.64. The van der Waals surface area contributed by atoms with Gasteiger partial charge in [-0.15, -0.1) is 13.2 Å². The number of carboxylic acids is 1. The Morgan fingerprint density at radius 1 is 1.10 bits per heavy atom. The Kier molecular flexibility index (Phi) is 7.87. The number of halogens is 3. The first-order valence-electron chi connectivity index (χ1n) is 14.7. The smallest absolute Gasteiger partial charge is 0.490 e. The molecule has 0 unspecified atom stereocenters. The molecular formula is C32H36F3NO6. The molecule has 3 heterocycles. The van der Waals surface area contributed by atoms with E-state index in [4.69, 9.17) is 9.15 Å². The number of alkyl halides is 3. The fraction of sp³-hybridized carbons (Fsp3) is 0.531. The van der Waals surface area contributed by atoms with E-state index in [0.717, 1.165) is 55.4 Å². The predicted molar refractivity (Wildman–Crippen MR) is 148 cm³/mol. The largest absolute Gasteiger partial charge is 0.573 e. The van der Waals surface area contributed by atoms with E-state index in [0.29, 0.717) is 41.5 Å². The summed E-state index contributed by atoms with van der Waals surface area (Å²) in [7, 11) is 0. The fourth-order valence-electron chi connectivity index (χ4n) is 6.87. The highest BCUT2D eigenvalue weighted by Gasteiger charge is 2.40. The third-order valence-corrected chi connectivity index (χ3v) is 9.23. The van der Waals surface area contributed by atoms with Gasteiger partial charge in [-0.1, -0.05) is 19.1 Å². The number of ether oxygens (including phenoxy) is 2. The zero-order valence-corrected chi connectivity index (χ0v) is 23.5. The standard InChI is InChI=1S/C32H36F3NO6/c1-18(31(38)39)29(21-3-4-21)22-5-2-19-6-8-26(41-28(19)15-22)20-10-12-36(13-11-20)16-25-27(42-32(33,34)35)9-7-23-14-24(17-37)40-30(23)25/h2,5,7,9,14-15,18,20-21,26,29,37H,3-4,6,8,10-13,16-17H2,1H3,(H,38,39)/t18-,26+,29-/m0/s1. The first-order valence-corrected chi connectivity index (χ1v) is 14.7. The Morgan fingerprint density at radius 2 is 1.86 bits per heavy atom. The molecule has 2 fully saturated rings. The summed E-state index contributed by atoms with van der Waals surface area (Å²) < 4.78 is 56.1. The number of hydrogen-bond donors (Lipinski definition) is 2. The first kappa shape index (κ1) is 28.9. The molecule has 1 aliphatic carbocycles. The molecule has 226 valence electrons. The van der Waals surface area contributed by atoms with Crippen molar-refractivity contribution in [3.05, 3.63) is 58.8 Å². The number of piperidine rings is 1. The van der Waals surface area contributed by atoms with Gasteiger partial charge in [0.2, 0.25) is 0 Å². The molecule has 2 N–H and O–H groups in total. The summed E-state index contributed by atoms with van der Waals surface area (Å²) in [6.07, 6.45) is 0.794. The average molecular weight is 588 g/mol. The molecule has 0 spiro atoms. The van der Waals surface area contributed by atoms with Crippen molar-refractivity contribution >= 4 is 16.9 Å². The molecule has 0 radical (unpaired) electrons. The maximum absolute atomic E-state index is 13.2. The van der Waals surface area contributed by atoms with Crippen molar-refractivity contribution in [1.29, 1.82) is 0 Å². The quantitative estimate of drug-likeness (QED) is 0.290.